The molecule has 6 nitrogen and oxygen atoms in total. The number of likely N-dealkylation sites (tertiary alicyclic amines) is 1. The molecule has 162 valence electrons. The van der Waals surface area contributed by atoms with Crippen LogP contribution < -0.4 is 5.32 Å². The molecule has 1 saturated carbocycles. The van der Waals surface area contributed by atoms with Crippen LogP contribution in [0.2, 0.25) is 0 Å². The first-order valence-corrected chi connectivity index (χ1v) is 11.4. The molecule has 1 N–H and O–H groups in total. The Morgan fingerprint density at radius 1 is 1.03 bits per heavy atom. The van der Waals surface area contributed by atoms with E-state index in [0.29, 0.717) is 5.92 Å². The molecular weight excluding hydrogens is 390 g/mol. The highest BCUT2D eigenvalue weighted by molar-refractivity contribution is 6.10. The number of nitrogens with zero attached hydrogens (tertiary/aromatic N) is 2. The van der Waals surface area contributed by atoms with Gasteiger partial charge in [-0.1, -0.05) is 61.7 Å². The van der Waals surface area contributed by atoms with Gasteiger partial charge in [-0.3, -0.25) is 14.5 Å². The van der Waals surface area contributed by atoms with Gasteiger partial charge < -0.3 is 10.2 Å². The van der Waals surface area contributed by atoms with Gasteiger partial charge in [-0.05, 0) is 47.9 Å². The Morgan fingerprint density at radius 3 is 2.61 bits per heavy atom. The standard InChI is InChI=1S/C25H29N3O3/c1-25(21-12-6-10-18-8-4-5-11-20(18)21)23(30)28(24(31)26-25)16-22(29)27-14-13-17-7-2-3-9-19(17)15-27/h4-6,8,10-12,17,19H,2-3,7,9,13-16H2,1H3,(H,26,31)/t17-,19-,25+/m0/s1. The molecule has 0 unspecified atom stereocenters. The number of imide groups is 1. The van der Waals surface area contributed by atoms with Gasteiger partial charge in [0, 0.05) is 13.1 Å². The highest BCUT2D eigenvalue weighted by atomic mass is 16.2. The van der Waals surface area contributed by atoms with Crippen molar-refractivity contribution in [3.8, 4) is 0 Å². The van der Waals surface area contributed by atoms with Gasteiger partial charge in [0.25, 0.3) is 5.91 Å². The van der Waals surface area contributed by atoms with E-state index in [-0.39, 0.29) is 18.4 Å². The van der Waals surface area contributed by atoms with Crippen molar-refractivity contribution in [1.29, 1.82) is 0 Å². The zero-order chi connectivity index (χ0) is 21.6. The third-order valence-corrected chi connectivity index (χ3v) is 7.54. The number of urea groups is 1. The molecule has 2 aliphatic heterocycles. The Kier molecular flexibility index (Phi) is 4.95. The zero-order valence-corrected chi connectivity index (χ0v) is 18.0. The van der Waals surface area contributed by atoms with Crippen molar-refractivity contribution in [3.05, 3.63) is 48.0 Å². The minimum atomic E-state index is -1.19. The van der Waals surface area contributed by atoms with Gasteiger partial charge >= 0.3 is 6.03 Å². The maximum absolute atomic E-state index is 13.4. The van der Waals surface area contributed by atoms with Crippen LogP contribution in [-0.4, -0.2) is 47.3 Å². The third-order valence-electron chi connectivity index (χ3n) is 7.54. The fourth-order valence-corrected chi connectivity index (χ4v) is 5.75. The fourth-order valence-electron chi connectivity index (χ4n) is 5.75. The summed E-state index contributed by atoms with van der Waals surface area (Å²) in [6.45, 7) is 3.02. The molecule has 31 heavy (non-hydrogen) atoms. The number of hydrogen-bond acceptors (Lipinski definition) is 3. The molecule has 2 aromatic rings. The van der Waals surface area contributed by atoms with Crippen molar-refractivity contribution in [2.75, 3.05) is 19.6 Å². The van der Waals surface area contributed by atoms with E-state index in [2.05, 4.69) is 5.32 Å². The molecule has 5 rings (SSSR count). The van der Waals surface area contributed by atoms with Crippen LogP contribution in [0.15, 0.2) is 42.5 Å². The maximum Gasteiger partial charge on any atom is 0.325 e. The predicted molar refractivity (Wildman–Crippen MR) is 118 cm³/mol. The molecule has 0 radical (unpaired) electrons. The van der Waals surface area contributed by atoms with Gasteiger partial charge in [-0.2, -0.15) is 0 Å². The topological polar surface area (TPSA) is 69.7 Å². The highest BCUT2D eigenvalue weighted by Crippen LogP contribution is 2.37. The Labute approximate surface area is 182 Å². The van der Waals surface area contributed by atoms with E-state index in [4.69, 9.17) is 0 Å². The lowest BCUT2D eigenvalue weighted by atomic mass is 9.75. The normalized spacial score (nSPS) is 28.5. The lowest BCUT2D eigenvalue weighted by Gasteiger charge is -2.41. The molecule has 3 fully saturated rings. The van der Waals surface area contributed by atoms with Crippen molar-refractivity contribution >= 4 is 28.6 Å². The molecular formula is C25H29N3O3. The third kappa shape index (κ3) is 3.38. The average molecular weight is 420 g/mol. The van der Waals surface area contributed by atoms with E-state index in [1.807, 2.05) is 47.4 Å². The molecule has 6 heteroatoms. The second-order valence-corrected chi connectivity index (χ2v) is 9.41. The van der Waals surface area contributed by atoms with E-state index < -0.39 is 11.6 Å². The summed E-state index contributed by atoms with van der Waals surface area (Å²) in [6, 6.07) is 13.1. The molecule has 0 aromatic heterocycles. The lowest BCUT2D eigenvalue weighted by Crippen LogP contribution is -2.49. The highest BCUT2D eigenvalue weighted by Gasteiger charge is 2.50. The summed E-state index contributed by atoms with van der Waals surface area (Å²) in [5.74, 6) is 0.795. The predicted octanol–water partition coefficient (Wildman–Crippen LogP) is 3.65. The van der Waals surface area contributed by atoms with Gasteiger partial charge in [-0.25, -0.2) is 4.79 Å². The zero-order valence-electron chi connectivity index (χ0n) is 18.0. The summed E-state index contributed by atoms with van der Waals surface area (Å²) in [4.78, 5) is 42.2. The quantitative estimate of drug-likeness (QED) is 0.772. The molecule has 3 aliphatic rings. The molecule has 2 saturated heterocycles. The first-order chi connectivity index (χ1) is 15.0. The molecule has 0 bridgehead atoms. The molecule has 2 aromatic carbocycles. The number of fused-ring (bicyclic) bond motifs is 2. The van der Waals surface area contributed by atoms with Crippen LogP contribution in [0.4, 0.5) is 4.79 Å². The number of benzene rings is 2. The van der Waals surface area contributed by atoms with Gasteiger partial charge in [-0.15, -0.1) is 0 Å². The van der Waals surface area contributed by atoms with E-state index in [0.717, 1.165) is 46.7 Å². The van der Waals surface area contributed by atoms with Crippen molar-refractivity contribution in [3.63, 3.8) is 0 Å². The molecule has 2 heterocycles. The first-order valence-electron chi connectivity index (χ1n) is 11.4. The molecule has 1 aliphatic carbocycles. The minimum Gasteiger partial charge on any atom is -0.341 e. The number of carbonyl (C=O) groups is 3. The fraction of sp³-hybridized carbons (Fsp3) is 0.480. The average Bonchev–Trinajstić information content (AvgIpc) is 3.02. The van der Waals surface area contributed by atoms with E-state index in [1.54, 1.807) is 6.92 Å². The van der Waals surface area contributed by atoms with Gasteiger partial charge in [0.15, 0.2) is 0 Å². The van der Waals surface area contributed by atoms with E-state index in [1.165, 1.54) is 25.7 Å². The van der Waals surface area contributed by atoms with Crippen LogP contribution in [0, 0.1) is 11.8 Å². The van der Waals surface area contributed by atoms with Crippen LogP contribution in [0.5, 0.6) is 0 Å². The number of rotatable bonds is 3. The van der Waals surface area contributed by atoms with Crippen molar-refractivity contribution in [2.45, 2.75) is 44.6 Å². The van der Waals surface area contributed by atoms with Crippen LogP contribution in [0.1, 0.15) is 44.6 Å². The van der Waals surface area contributed by atoms with E-state index in [9.17, 15) is 14.4 Å². The Hall–Kier alpha value is -2.89. The molecule has 0 spiro atoms. The smallest absolute Gasteiger partial charge is 0.325 e. The Balaban J connectivity index is 1.35. The van der Waals surface area contributed by atoms with Crippen molar-refractivity contribution in [2.24, 2.45) is 11.8 Å². The first kappa shape index (κ1) is 20.0. The number of nitrogens with one attached hydrogen (secondary N) is 1. The SMILES string of the molecule is C[C@]1(c2cccc3ccccc23)NC(=O)N(CC(=O)N2CC[C@@H]3CCCC[C@H]3C2)C1=O. The minimum absolute atomic E-state index is 0.130. The number of hydrogen-bond donors (Lipinski definition) is 1. The Morgan fingerprint density at radius 2 is 1.77 bits per heavy atom. The van der Waals surface area contributed by atoms with Crippen LogP contribution in [0.3, 0.4) is 0 Å². The summed E-state index contributed by atoms with van der Waals surface area (Å²) < 4.78 is 0. The summed E-state index contributed by atoms with van der Waals surface area (Å²) >= 11 is 0. The van der Waals surface area contributed by atoms with Crippen LogP contribution >= 0.6 is 0 Å². The summed E-state index contributed by atoms with van der Waals surface area (Å²) in [7, 11) is 0. The number of carbonyl (C=O) groups excluding carboxylic acids is 3. The monoisotopic (exact) mass is 419 g/mol. The lowest BCUT2D eigenvalue weighted by molar-refractivity contribution is -0.140. The number of piperidine rings is 1. The van der Waals surface area contributed by atoms with Crippen LogP contribution in [0.25, 0.3) is 10.8 Å². The second kappa shape index (κ2) is 7.66. The summed E-state index contributed by atoms with van der Waals surface area (Å²) in [6.07, 6.45) is 6.01. The van der Waals surface area contributed by atoms with Crippen molar-refractivity contribution in [1.82, 2.24) is 15.1 Å². The molecule has 3 atom stereocenters. The van der Waals surface area contributed by atoms with Crippen LogP contribution in [-0.2, 0) is 15.1 Å². The Bertz CT molecular complexity index is 1050. The largest absolute Gasteiger partial charge is 0.341 e. The van der Waals surface area contributed by atoms with Crippen molar-refractivity contribution < 1.29 is 14.4 Å². The van der Waals surface area contributed by atoms with Gasteiger partial charge in [0.2, 0.25) is 5.91 Å². The van der Waals surface area contributed by atoms with E-state index >= 15 is 0 Å². The summed E-state index contributed by atoms with van der Waals surface area (Å²) in [5.41, 5.74) is -0.434. The number of amides is 4. The maximum atomic E-state index is 13.4. The molecule has 4 amide bonds. The van der Waals surface area contributed by atoms with Gasteiger partial charge in [0.1, 0.15) is 12.1 Å². The summed E-state index contributed by atoms with van der Waals surface area (Å²) in [5, 5.41) is 4.79. The second-order valence-electron chi connectivity index (χ2n) is 9.41. The van der Waals surface area contributed by atoms with Gasteiger partial charge in [0.05, 0.1) is 0 Å².